The van der Waals surface area contributed by atoms with Crippen molar-refractivity contribution >= 4 is 23.4 Å². The van der Waals surface area contributed by atoms with Crippen LogP contribution in [0.5, 0.6) is 0 Å². The van der Waals surface area contributed by atoms with E-state index in [2.05, 4.69) is 25.9 Å². The summed E-state index contributed by atoms with van der Waals surface area (Å²) in [6.07, 6.45) is -0.319. The molecule has 3 unspecified atom stereocenters. The topological polar surface area (TPSA) is 106 Å². The molecule has 0 bridgehead atoms. The average Bonchev–Trinajstić information content (AvgIpc) is 2.80. The average molecular weight is 514 g/mol. The summed E-state index contributed by atoms with van der Waals surface area (Å²) in [6, 6.07) is 0.720. The first-order chi connectivity index (χ1) is 16.8. The highest BCUT2D eigenvalue weighted by atomic mass is 19.4. The van der Waals surface area contributed by atoms with Crippen LogP contribution in [0.4, 0.5) is 22.0 Å². The number of aliphatic imine (C=N–C) groups is 1. The molecule has 0 spiro atoms. The molecule has 3 rings (SSSR count). The van der Waals surface area contributed by atoms with Crippen LogP contribution in [0, 0.1) is 18.3 Å². The van der Waals surface area contributed by atoms with Gasteiger partial charge in [-0.2, -0.15) is 13.2 Å². The maximum absolute atomic E-state index is 14.5. The zero-order valence-corrected chi connectivity index (χ0v) is 20.0. The Morgan fingerprint density at radius 1 is 1.39 bits per heavy atom. The standard InChI is InChI=1S/C23H28F5N7O/c1-13-4-5-31-16(6-13)15(8-30-3)20(29)21(36)35-12-22(24,25)7-14(2)17(35)9-33-19-11-32-18(10-34-19)23(26,27)28/h4-6,8,10-11,14,17-18,29-30,32-33H,7,9,12H2,1-3H3/b15-8-,29-20?. The lowest BCUT2D eigenvalue weighted by Crippen LogP contribution is -2.59. The summed E-state index contributed by atoms with van der Waals surface area (Å²) in [5, 5.41) is 16.3. The Balaban J connectivity index is 1.81. The van der Waals surface area contributed by atoms with Crippen LogP contribution in [0.2, 0.25) is 0 Å². The van der Waals surface area contributed by atoms with Crippen LogP contribution in [0.3, 0.4) is 0 Å². The van der Waals surface area contributed by atoms with Gasteiger partial charge in [0.1, 0.15) is 11.5 Å². The number of amides is 1. The van der Waals surface area contributed by atoms with Crippen LogP contribution < -0.4 is 16.0 Å². The SMILES string of the molecule is CN/C=C(\C(=N)C(=O)N1CC(F)(F)CC(C)C1CNC1=CNC(C(F)(F)F)C=N1)c1cc(C)ccn1. The number of rotatable bonds is 7. The lowest BCUT2D eigenvalue weighted by atomic mass is 9.87. The lowest BCUT2D eigenvalue weighted by molar-refractivity contribution is -0.145. The minimum atomic E-state index is -4.51. The van der Waals surface area contributed by atoms with E-state index in [1.165, 1.54) is 12.4 Å². The predicted octanol–water partition coefficient (Wildman–Crippen LogP) is 2.84. The zero-order valence-electron chi connectivity index (χ0n) is 20.0. The Morgan fingerprint density at radius 3 is 2.69 bits per heavy atom. The molecule has 1 fully saturated rings. The summed E-state index contributed by atoms with van der Waals surface area (Å²) in [5.41, 5.74) is 0.801. The van der Waals surface area contributed by atoms with Gasteiger partial charge in [0, 0.05) is 50.4 Å². The number of hydrogen-bond donors (Lipinski definition) is 4. The molecule has 0 saturated carbocycles. The molecule has 1 saturated heterocycles. The summed E-state index contributed by atoms with van der Waals surface area (Å²) in [6.45, 7) is 2.43. The third-order valence-corrected chi connectivity index (χ3v) is 5.91. The summed E-state index contributed by atoms with van der Waals surface area (Å²) >= 11 is 0. The monoisotopic (exact) mass is 513 g/mol. The number of alkyl halides is 5. The van der Waals surface area contributed by atoms with E-state index in [9.17, 15) is 26.7 Å². The molecule has 36 heavy (non-hydrogen) atoms. The van der Waals surface area contributed by atoms with Crippen molar-refractivity contribution in [1.82, 2.24) is 25.8 Å². The second kappa shape index (κ2) is 10.6. The highest BCUT2D eigenvalue weighted by molar-refractivity contribution is 6.54. The van der Waals surface area contributed by atoms with E-state index in [1.54, 1.807) is 26.1 Å². The molecule has 1 amide bonds. The lowest BCUT2D eigenvalue weighted by Gasteiger charge is -2.43. The fourth-order valence-corrected chi connectivity index (χ4v) is 4.13. The molecule has 0 radical (unpaired) electrons. The molecule has 3 atom stereocenters. The first-order valence-electron chi connectivity index (χ1n) is 11.2. The summed E-state index contributed by atoms with van der Waals surface area (Å²) in [7, 11) is 1.58. The maximum atomic E-state index is 14.5. The van der Waals surface area contributed by atoms with Gasteiger partial charge in [-0.1, -0.05) is 6.92 Å². The molecule has 1 aromatic rings. The first-order valence-corrected chi connectivity index (χ1v) is 11.2. The Labute approximate surface area is 205 Å². The van der Waals surface area contributed by atoms with E-state index in [1.807, 2.05) is 6.92 Å². The number of hydrogen-bond acceptors (Lipinski definition) is 7. The second-order valence-electron chi connectivity index (χ2n) is 8.85. The summed E-state index contributed by atoms with van der Waals surface area (Å²) in [5.74, 6) is -4.67. The molecule has 2 aliphatic rings. The van der Waals surface area contributed by atoms with E-state index in [4.69, 9.17) is 5.41 Å². The highest BCUT2D eigenvalue weighted by Crippen LogP contribution is 2.35. The van der Waals surface area contributed by atoms with Crippen molar-refractivity contribution in [1.29, 1.82) is 5.41 Å². The van der Waals surface area contributed by atoms with Crippen molar-refractivity contribution in [3.63, 3.8) is 0 Å². The number of aromatic nitrogens is 1. The van der Waals surface area contributed by atoms with Gasteiger partial charge in [-0.05, 0) is 30.5 Å². The van der Waals surface area contributed by atoms with Crippen molar-refractivity contribution in [3.05, 3.63) is 47.8 Å². The van der Waals surface area contributed by atoms with Gasteiger partial charge < -0.3 is 20.9 Å². The molecule has 4 N–H and O–H groups in total. The minimum Gasteiger partial charge on any atom is -0.393 e. The van der Waals surface area contributed by atoms with Crippen LogP contribution in [-0.4, -0.2) is 72.0 Å². The van der Waals surface area contributed by atoms with Crippen LogP contribution in [0.15, 0.2) is 41.5 Å². The van der Waals surface area contributed by atoms with E-state index >= 15 is 0 Å². The summed E-state index contributed by atoms with van der Waals surface area (Å²) < 4.78 is 67.4. The number of aryl methyl sites for hydroxylation is 1. The van der Waals surface area contributed by atoms with Gasteiger partial charge >= 0.3 is 6.18 Å². The van der Waals surface area contributed by atoms with Crippen molar-refractivity contribution in [2.45, 2.75) is 44.5 Å². The molecule has 13 heteroatoms. The van der Waals surface area contributed by atoms with E-state index in [-0.39, 0.29) is 17.9 Å². The number of piperidine rings is 1. The molecule has 3 heterocycles. The quantitative estimate of drug-likeness (QED) is 0.332. The number of carbonyl (C=O) groups excluding carboxylic acids is 1. The first kappa shape index (κ1) is 27.1. The summed E-state index contributed by atoms with van der Waals surface area (Å²) in [4.78, 5) is 22.3. The maximum Gasteiger partial charge on any atom is 0.413 e. The Hall–Kier alpha value is -3.51. The smallest absolute Gasteiger partial charge is 0.393 e. The molecule has 1 aromatic heterocycles. The number of nitrogens with one attached hydrogen (secondary N) is 4. The zero-order chi connectivity index (χ0) is 26.7. The van der Waals surface area contributed by atoms with Gasteiger partial charge in [0.05, 0.1) is 18.3 Å². The number of nitrogens with zero attached hydrogens (tertiary/aromatic N) is 3. The molecule has 196 valence electrons. The fourth-order valence-electron chi connectivity index (χ4n) is 4.13. The van der Waals surface area contributed by atoms with E-state index in [0.29, 0.717) is 11.9 Å². The normalized spacial score (nSPS) is 24.0. The highest BCUT2D eigenvalue weighted by Gasteiger charge is 2.47. The van der Waals surface area contributed by atoms with E-state index in [0.717, 1.165) is 16.7 Å². The molecule has 0 aromatic carbocycles. The number of likely N-dealkylation sites (tertiary alicyclic amines) is 1. The molecular formula is C23H28F5N7O. The van der Waals surface area contributed by atoms with Gasteiger partial charge in [-0.3, -0.25) is 15.2 Å². The molecule has 8 nitrogen and oxygen atoms in total. The van der Waals surface area contributed by atoms with Gasteiger partial charge in [0.2, 0.25) is 0 Å². The largest absolute Gasteiger partial charge is 0.413 e. The Morgan fingerprint density at radius 2 is 2.11 bits per heavy atom. The number of halogens is 5. The van der Waals surface area contributed by atoms with Crippen molar-refractivity contribution in [3.8, 4) is 0 Å². The Kier molecular flexibility index (Phi) is 7.99. The Bertz CT molecular complexity index is 1080. The number of pyridine rings is 1. The van der Waals surface area contributed by atoms with Crippen LogP contribution in [0.1, 0.15) is 24.6 Å². The van der Waals surface area contributed by atoms with Crippen LogP contribution in [0.25, 0.3) is 5.57 Å². The van der Waals surface area contributed by atoms with Gasteiger partial charge in [0.15, 0.2) is 6.04 Å². The van der Waals surface area contributed by atoms with Crippen molar-refractivity contribution < 1.29 is 26.7 Å². The fraction of sp³-hybridized carbons (Fsp3) is 0.478. The third kappa shape index (κ3) is 6.38. The molecule has 0 aliphatic carbocycles. The van der Waals surface area contributed by atoms with Gasteiger partial charge in [-0.25, -0.2) is 13.8 Å². The van der Waals surface area contributed by atoms with Crippen molar-refractivity contribution in [2.75, 3.05) is 20.1 Å². The number of carbonyl (C=O) groups is 1. The van der Waals surface area contributed by atoms with Crippen LogP contribution in [-0.2, 0) is 4.79 Å². The molecular weight excluding hydrogens is 485 g/mol. The predicted molar refractivity (Wildman–Crippen MR) is 126 cm³/mol. The third-order valence-electron chi connectivity index (χ3n) is 5.91. The second-order valence-corrected chi connectivity index (χ2v) is 8.85. The molecule has 2 aliphatic heterocycles. The van der Waals surface area contributed by atoms with Crippen molar-refractivity contribution in [2.24, 2.45) is 10.9 Å². The van der Waals surface area contributed by atoms with Gasteiger partial charge in [0.25, 0.3) is 11.8 Å². The van der Waals surface area contributed by atoms with Crippen LogP contribution >= 0.6 is 0 Å². The van der Waals surface area contributed by atoms with Gasteiger partial charge in [-0.15, -0.1) is 0 Å². The van der Waals surface area contributed by atoms with E-state index < -0.39 is 54.7 Å². The minimum absolute atomic E-state index is 0.0500.